The fourth-order valence-corrected chi connectivity index (χ4v) is 6.28. The minimum atomic E-state index is -5.07. The van der Waals surface area contributed by atoms with Gasteiger partial charge in [0.1, 0.15) is 42.6 Å². The van der Waals surface area contributed by atoms with Gasteiger partial charge in [-0.25, -0.2) is 18.4 Å². The van der Waals surface area contributed by atoms with Gasteiger partial charge in [0, 0.05) is 16.0 Å². The van der Waals surface area contributed by atoms with Gasteiger partial charge in [-0.3, -0.25) is 14.1 Å². The molecular formula is C20H12N4Na2O12S4. The van der Waals surface area contributed by atoms with Gasteiger partial charge in [0.15, 0.2) is 0 Å². The third-order valence-electron chi connectivity index (χ3n) is 5.48. The third-order valence-corrected chi connectivity index (χ3v) is 8.58. The van der Waals surface area contributed by atoms with E-state index in [-0.39, 0.29) is 97.7 Å². The Kier molecular flexibility index (Phi) is 10.8. The average molecular weight is 675 g/mol. The van der Waals surface area contributed by atoms with Crippen LogP contribution in [0.1, 0.15) is 0 Å². The van der Waals surface area contributed by atoms with Crippen LogP contribution in [0, 0.1) is 0 Å². The molecule has 2 aromatic heterocycles. The second kappa shape index (κ2) is 12.9. The van der Waals surface area contributed by atoms with Crippen molar-refractivity contribution in [2.24, 2.45) is 0 Å². The Morgan fingerprint density at radius 2 is 1.19 bits per heavy atom. The summed E-state index contributed by atoms with van der Waals surface area (Å²) in [5.41, 5.74) is 0.432. The molecule has 5 rings (SSSR count). The van der Waals surface area contributed by atoms with Crippen LogP contribution in [0.2, 0.25) is 0 Å². The Bertz CT molecular complexity index is 2130. The molecule has 22 heteroatoms. The number of nitrogens with zero attached hydrogens (tertiary/aromatic N) is 2. The zero-order valence-electron chi connectivity index (χ0n) is 21.1. The molecular weight excluding hydrogens is 662 g/mol. The van der Waals surface area contributed by atoms with Gasteiger partial charge in [-0.05, 0) is 24.3 Å². The molecule has 0 aliphatic rings. The SMILES string of the molecule is O=S(=O)([O-])c1cc(S(=O)(=O)O)c2nc(-c3ccc(-c4nc5c(S(=O)(=O)O)cc(SOO[O-])cc5[nH]4)cc3)[nH]c2c1.[Na+].[Na+]. The van der Waals surface area contributed by atoms with Crippen molar-refractivity contribution >= 4 is 64.5 Å². The Balaban J connectivity index is 0.00000242. The number of fused-ring (bicyclic) bond motifs is 2. The van der Waals surface area contributed by atoms with Gasteiger partial charge in [0.2, 0.25) is 0 Å². The van der Waals surface area contributed by atoms with Crippen molar-refractivity contribution in [2.75, 3.05) is 0 Å². The van der Waals surface area contributed by atoms with Gasteiger partial charge < -0.3 is 19.8 Å². The number of imidazole rings is 2. The van der Waals surface area contributed by atoms with Crippen LogP contribution in [0.15, 0.2) is 68.1 Å². The van der Waals surface area contributed by atoms with Crippen molar-refractivity contribution in [1.29, 1.82) is 0 Å². The van der Waals surface area contributed by atoms with Gasteiger partial charge in [-0.2, -0.15) is 21.2 Å². The summed E-state index contributed by atoms with van der Waals surface area (Å²) in [5, 5.41) is 13.4. The van der Waals surface area contributed by atoms with Crippen LogP contribution in [-0.4, -0.2) is 58.8 Å². The van der Waals surface area contributed by atoms with Crippen LogP contribution in [-0.2, 0) is 39.7 Å². The fourth-order valence-electron chi connectivity index (χ4n) is 3.82. The summed E-state index contributed by atoms with van der Waals surface area (Å²) in [6.07, 6.45) is 0. The summed E-state index contributed by atoms with van der Waals surface area (Å²) in [4.78, 5) is 11.7. The molecule has 210 valence electrons. The van der Waals surface area contributed by atoms with Gasteiger partial charge in [-0.1, -0.05) is 24.3 Å². The molecule has 0 aliphatic heterocycles. The molecule has 42 heavy (non-hydrogen) atoms. The van der Waals surface area contributed by atoms with Crippen molar-refractivity contribution < 1.29 is 113 Å². The second-order valence-electron chi connectivity index (χ2n) is 8.01. The minimum Gasteiger partial charge on any atom is -0.744 e. The van der Waals surface area contributed by atoms with Crippen molar-refractivity contribution in [3.63, 3.8) is 0 Å². The smallest absolute Gasteiger partial charge is 0.744 e. The maximum absolute atomic E-state index is 11.9. The van der Waals surface area contributed by atoms with Gasteiger partial charge in [-0.15, -0.1) is 0 Å². The number of aromatic nitrogens is 4. The predicted octanol–water partition coefficient (Wildman–Crippen LogP) is -4.59. The molecule has 5 aromatic rings. The van der Waals surface area contributed by atoms with Crippen LogP contribution >= 0.6 is 12.0 Å². The average Bonchev–Trinajstić information content (AvgIpc) is 3.49. The zero-order valence-corrected chi connectivity index (χ0v) is 28.4. The number of rotatable bonds is 8. The zero-order chi connectivity index (χ0) is 29.0. The number of nitrogens with one attached hydrogen (secondary N) is 2. The van der Waals surface area contributed by atoms with Crippen LogP contribution in [0.25, 0.3) is 44.8 Å². The first-order valence-electron chi connectivity index (χ1n) is 10.4. The topological polar surface area (TPSA) is 265 Å². The van der Waals surface area contributed by atoms with Crippen molar-refractivity contribution in [1.82, 2.24) is 19.9 Å². The molecule has 2 heterocycles. The Hall–Kier alpha value is -1.44. The molecule has 0 bridgehead atoms. The normalized spacial score (nSPS) is 12.3. The third kappa shape index (κ3) is 7.26. The van der Waals surface area contributed by atoms with Crippen LogP contribution in [0.4, 0.5) is 0 Å². The summed E-state index contributed by atoms with van der Waals surface area (Å²) >= 11 is 0.404. The summed E-state index contributed by atoms with van der Waals surface area (Å²) in [6, 6.07) is 9.94. The Morgan fingerprint density at radius 3 is 1.62 bits per heavy atom. The molecule has 0 saturated heterocycles. The number of aromatic amines is 2. The van der Waals surface area contributed by atoms with Gasteiger partial charge in [0.25, 0.3) is 20.2 Å². The van der Waals surface area contributed by atoms with E-state index in [1.165, 1.54) is 30.3 Å². The molecule has 0 spiro atoms. The molecule has 0 radical (unpaired) electrons. The number of H-pyrrole nitrogens is 2. The van der Waals surface area contributed by atoms with E-state index < -0.39 is 45.0 Å². The first-order valence-corrected chi connectivity index (χ1v) is 15.4. The van der Waals surface area contributed by atoms with E-state index in [2.05, 4.69) is 29.3 Å². The first kappa shape index (κ1) is 35.0. The molecule has 0 saturated carbocycles. The van der Waals surface area contributed by atoms with E-state index in [4.69, 9.17) is 0 Å². The maximum atomic E-state index is 11.9. The fraction of sp³-hybridized carbons (Fsp3) is 0. The van der Waals surface area contributed by atoms with Crippen molar-refractivity contribution in [3.8, 4) is 22.8 Å². The van der Waals surface area contributed by atoms with Crippen molar-refractivity contribution in [2.45, 2.75) is 19.6 Å². The summed E-state index contributed by atoms with van der Waals surface area (Å²) in [7, 11) is -14.7. The molecule has 4 N–H and O–H groups in total. The van der Waals surface area contributed by atoms with E-state index in [1.807, 2.05) is 0 Å². The molecule has 0 fully saturated rings. The van der Waals surface area contributed by atoms with E-state index in [1.54, 1.807) is 0 Å². The molecule has 0 amide bonds. The molecule has 0 unspecified atom stereocenters. The van der Waals surface area contributed by atoms with Gasteiger partial charge in [0.05, 0.1) is 28.0 Å². The molecule has 16 nitrogen and oxygen atoms in total. The van der Waals surface area contributed by atoms with E-state index in [0.717, 1.165) is 12.1 Å². The summed E-state index contributed by atoms with van der Waals surface area (Å²) < 4.78 is 105. The Labute approximate surface area is 285 Å². The maximum Gasteiger partial charge on any atom is 1.00 e. The van der Waals surface area contributed by atoms with Crippen LogP contribution in [0.5, 0.6) is 0 Å². The van der Waals surface area contributed by atoms with Crippen molar-refractivity contribution in [3.05, 3.63) is 48.5 Å². The number of hydrogen-bond acceptors (Lipinski definition) is 13. The first-order chi connectivity index (χ1) is 18.6. The van der Waals surface area contributed by atoms with Crippen LogP contribution in [0.3, 0.4) is 0 Å². The number of hydrogen-bond donors (Lipinski definition) is 4. The largest absolute Gasteiger partial charge is 1.00 e. The molecule has 0 aliphatic carbocycles. The van der Waals surface area contributed by atoms with E-state index in [9.17, 15) is 44.2 Å². The van der Waals surface area contributed by atoms with E-state index in [0.29, 0.717) is 29.2 Å². The predicted molar refractivity (Wildman–Crippen MR) is 132 cm³/mol. The summed E-state index contributed by atoms with van der Waals surface area (Å²) in [5.74, 6) is 0.241. The second-order valence-corrected chi connectivity index (χ2v) is 12.9. The monoisotopic (exact) mass is 674 g/mol. The Morgan fingerprint density at radius 1 is 0.738 bits per heavy atom. The quantitative estimate of drug-likeness (QED) is 0.0397. The summed E-state index contributed by atoms with van der Waals surface area (Å²) in [6.45, 7) is 0. The van der Waals surface area contributed by atoms with Crippen LogP contribution < -0.4 is 64.4 Å². The minimum absolute atomic E-state index is 0. The molecule has 0 atom stereocenters. The van der Waals surface area contributed by atoms with E-state index >= 15 is 0 Å². The standard InChI is InChI=1S/C20H14N4O12S4.2Na/c25-35-36-37-11-5-13-17(15(6-11)39(29,30)31)23-19(21-13)9-1-3-10(4-2-9)20-22-14-7-12(38(26,27)28)8-16(18(14)24-20)40(32,33)34;;/h1-8,25H,(H,21,23)(H,22,24)(H,26,27,28)(H,29,30,31)(H,32,33,34);;/q;2*+1/p-2. The number of benzene rings is 3. The molecule has 3 aromatic carbocycles. The van der Waals surface area contributed by atoms with Gasteiger partial charge >= 0.3 is 59.1 Å².